The highest BCUT2D eigenvalue weighted by molar-refractivity contribution is 6.35. The van der Waals surface area contributed by atoms with Gasteiger partial charge in [-0.05, 0) is 42.0 Å². The number of fused-ring (bicyclic) bond motifs is 1. The van der Waals surface area contributed by atoms with Crippen LogP contribution in [0.3, 0.4) is 0 Å². The molecule has 2 aromatic heterocycles. The minimum absolute atomic E-state index is 0.285. The van der Waals surface area contributed by atoms with Crippen molar-refractivity contribution < 1.29 is 14.3 Å². The minimum atomic E-state index is -0.913. The lowest BCUT2D eigenvalue weighted by atomic mass is 10.0. The third-order valence-corrected chi connectivity index (χ3v) is 5.16. The molecule has 0 aliphatic rings. The molecule has 148 valence electrons. The molecular weight excluding hydrogens is 411 g/mol. The number of furan rings is 1. The lowest BCUT2D eigenvalue weighted by Crippen LogP contribution is -2.37. The summed E-state index contributed by atoms with van der Waals surface area (Å²) in [5, 5.41) is 14.8. The first-order valence-corrected chi connectivity index (χ1v) is 9.81. The number of carboxylic acid groups (broad SMARTS) is 1. The number of hydrogen-bond donors (Lipinski definition) is 3. The molecule has 4 rings (SSSR count). The zero-order chi connectivity index (χ0) is 20.4. The second-order valence-electron chi connectivity index (χ2n) is 6.76. The standard InChI is InChI=1S/C22H18Cl2N2O3/c23-15-7-13(8-16(24)10-15)21-6-5-17(29-21)12-26-20(22(27)28)9-14-11-25-19-4-2-1-3-18(14)19/h1-8,10-11,20,25-26H,9,12H2,(H,27,28)/t20-/m1/s1. The average Bonchev–Trinajstić information content (AvgIpc) is 3.31. The summed E-state index contributed by atoms with van der Waals surface area (Å²) >= 11 is 12.1. The Bertz CT molecular complexity index is 1150. The molecule has 1 atom stereocenters. The number of benzene rings is 2. The average molecular weight is 429 g/mol. The van der Waals surface area contributed by atoms with Crippen LogP contribution in [0.4, 0.5) is 0 Å². The molecule has 0 aliphatic carbocycles. The van der Waals surface area contributed by atoms with Crippen molar-refractivity contribution in [2.75, 3.05) is 0 Å². The number of aromatic amines is 1. The van der Waals surface area contributed by atoms with Gasteiger partial charge in [0, 0.05) is 39.1 Å². The molecule has 0 saturated heterocycles. The SMILES string of the molecule is O=C(O)[C@@H](Cc1c[nH]c2ccccc12)NCc1ccc(-c2cc(Cl)cc(Cl)c2)o1. The highest BCUT2D eigenvalue weighted by Crippen LogP contribution is 2.28. The van der Waals surface area contributed by atoms with E-state index in [1.807, 2.05) is 42.6 Å². The van der Waals surface area contributed by atoms with Crippen LogP contribution in [0.2, 0.25) is 10.0 Å². The Hall–Kier alpha value is -2.73. The maximum absolute atomic E-state index is 11.8. The molecule has 7 heteroatoms. The zero-order valence-electron chi connectivity index (χ0n) is 15.3. The van der Waals surface area contributed by atoms with E-state index in [9.17, 15) is 9.90 Å². The van der Waals surface area contributed by atoms with Crippen molar-refractivity contribution in [1.82, 2.24) is 10.3 Å². The van der Waals surface area contributed by atoms with Gasteiger partial charge < -0.3 is 14.5 Å². The molecule has 29 heavy (non-hydrogen) atoms. The number of hydrogen-bond acceptors (Lipinski definition) is 3. The third kappa shape index (κ3) is 4.48. The van der Waals surface area contributed by atoms with Crippen molar-refractivity contribution in [3.05, 3.63) is 82.2 Å². The number of carboxylic acids is 1. The first kappa shape index (κ1) is 19.6. The quantitative estimate of drug-likeness (QED) is 0.362. The topological polar surface area (TPSA) is 78.3 Å². The largest absolute Gasteiger partial charge is 0.480 e. The van der Waals surface area contributed by atoms with Crippen LogP contribution in [0.5, 0.6) is 0 Å². The van der Waals surface area contributed by atoms with Crippen molar-refractivity contribution in [3.63, 3.8) is 0 Å². The fraction of sp³-hybridized carbons (Fsp3) is 0.136. The maximum Gasteiger partial charge on any atom is 0.321 e. The summed E-state index contributed by atoms with van der Waals surface area (Å²) in [6.45, 7) is 0.285. The number of H-pyrrole nitrogens is 1. The molecule has 0 radical (unpaired) electrons. The van der Waals surface area contributed by atoms with Gasteiger partial charge in [-0.2, -0.15) is 0 Å². The molecule has 0 fully saturated rings. The van der Waals surface area contributed by atoms with Gasteiger partial charge in [0.2, 0.25) is 0 Å². The Morgan fingerprint density at radius 1 is 1.10 bits per heavy atom. The number of carbonyl (C=O) groups is 1. The Morgan fingerprint density at radius 2 is 1.86 bits per heavy atom. The molecule has 2 heterocycles. The van der Waals surface area contributed by atoms with E-state index in [0.29, 0.717) is 28.0 Å². The highest BCUT2D eigenvalue weighted by atomic mass is 35.5. The molecule has 0 amide bonds. The summed E-state index contributed by atoms with van der Waals surface area (Å²) in [7, 11) is 0. The molecule has 2 aromatic carbocycles. The van der Waals surface area contributed by atoms with Crippen LogP contribution >= 0.6 is 23.2 Å². The fourth-order valence-electron chi connectivity index (χ4n) is 3.32. The van der Waals surface area contributed by atoms with Crippen LogP contribution in [-0.4, -0.2) is 22.1 Å². The Labute approximate surface area is 177 Å². The summed E-state index contributed by atoms with van der Waals surface area (Å²) in [5.74, 6) is 0.333. The van der Waals surface area contributed by atoms with E-state index in [4.69, 9.17) is 27.6 Å². The van der Waals surface area contributed by atoms with Crippen molar-refractivity contribution in [2.24, 2.45) is 0 Å². The van der Waals surface area contributed by atoms with Gasteiger partial charge in [-0.25, -0.2) is 0 Å². The van der Waals surface area contributed by atoms with E-state index in [1.54, 1.807) is 18.2 Å². The van der Waals surface area contributed by atoms with E-state index < -0.39 is 12.0 Å². The van der Waals surface area contributed by atoms with E-state index in [2.05, 4.69) is 10.3 Å². The third-order valence-electron chi connectivity index (χ3n) is 4.73. The predicted octanol–water partition coefficient (Wildman–Crippen LogP) is 5.52. The maximum atomic E-state index is 11.8. The molecule has 0 unspecified atom stereocenters. The number of para-hydroxylation sites is 1. The van der Waals surface area contributed by atoms with Gasteiger partial charge in [0.15, 0.2) is 0 Å². The van der Waals surface area contributed by atoms with E-state index in [1.165, 1.54) is 0 Å². The van der Waals surface area contributed by atoms with Gasteiger partial charge in [0.1, 0.15) is 17.6 Å². The second-order valence-corrected chi connectivity index (χ2v) is 7.63. The number of halogens is 2. The predicted molar refractivity (Wildman–Crippen MR) is 114 cm³/mol. The van der Waals surface area contributed by atoms with E-state index >= 15 is 0 Å². The van der Waals surface area contributed by atoms with E-state index in [-0.39, 0.29) is 6.54 Å². The van der Waals surface area contributed by atoms with Crippen molar-refractivity contribution in [1.29, 1.82) is 0 Å². The highest BCUT2D eigenvalue weighted by Gasteiger charge is 2.20. The summed E-state index contributed by atoms with van der Waals surface area (Å²) < 4.78 is 5.84. The summed E-state index contributed by atoms with van der Waals surface area (Å²) in [6, 6.07) is 15.9. The number of aliphatic carboxylic acids is 1. The van der Waals surface area contributed by atoms with Crippen molar-refractivity contribution in [2.45, 2.75) is 19.0 Å². The minimum Gasteiger partial charge on any atom is -0.480 e. The molecular formula is C22H18Cl2N2O3. The van der Waals surface area contributed by atoms with Crippen LogP contribution in [0, 0.1) is 0 Å². The van der Waals surface area contributed by atoms with Crippen LogP contribution in [0.25, 0.3) is 22.2 Å². The molecule has 3 N–H and O–H groups in total. The normalized spacial score (nSPS) is 12.3. The number of aromatic nitrogens is 1. The molecule has 0 spiro atoms. The van der Waals surface area contributed by atoms with Crippen LogP contribution in [0.15, 0.2) is 65.2 Å². The number of rotatable bonds is 7. The Morgan fingerprint density at radius 3 is 2.62 bits per heavy atom. The molecule has 0 aliphatic heterocycles. The molecule has 0 bridgehead atoms. The Balaban J connectivity index is 1.46. The van der Waals surface area contributed by atoms with Gasteiger partial charge in [-0.3, -0.25) is 10.1 Å². The van der Waals surface area contributed by atoms with Crippen LogP contribution in [0.1, 0.15) is 11.3 Å². The number of nitrogens with one attached hydrogen (secondary N) is 2. The van der Waals surface area contributed by atoms with Gasteiger partial charge in [-0.15, -0.1) is 0 Å². The first-order valence-electron chi connectivity index (χ1n) is 9.06. The smallest absolute Gasteiger partial charge is 0.321 e. The lowest BCUT2D eigenvalue weighted by molar-refractivity contribution is -0.139. The monoisotopic (exact) mass is 428 g/mol. The summed E-state index contributed by atoms with van der Waals surface area (Å²) in [6.07, 6.45) is 2.22. The van der Waals surface area contributed by atoms with Crippen molar-refractivity contribution in [3.8, 4) is 11.3 Å². The summed E-state index contributed by atoms with van der Waals surface area (Å²) in [5.41, 5.74) is 2.71. The van der Waals surface area contributed by atoms with Gasteiger partial charge in [0.05, 0.1) is 6.54 Å². The zero-order valence-corrected chi connectivity index (χ0v) is 16.8. The van der Waals surface area contributed by atoms with E-state index in [0.717, 1.165) is 22.0 Å². The summed E-state index contributed by atoms with van der Waals surface area (Å²) in [4.78, 5) is 14.9. The second kappa shape index (κ2) is 8.33. The molecule has 5 nitrogen and oxygen atoms in total. The van der Waals surface area contributed by atoms with Crippen molar-refractivity contribution >= 4 is 40.1 Å². The Kier molecular flexibility index (Phi) is 5.62. The van der Waals surface area contributed by atoms with Crippen LogP contribution in [-0.2, 0) is 17.8 Å². The van der Waals surface area contributed by atoms with Gasteiger partial charge in [-0.1, -0.05) is 41.4 Å². The van der Waals surface area contributed by atoms with Gasteiger partial charge in [0.25, 0.3) is 0 Å². The molecule has 0 saturated carbocycles. The molecule has 4 aromatic rings. The lowest BCUT2D eigenvalue weighted by Gasteiger charge is -2.13. The van der Waals surface area contributed by atoms with Gasteiger partial charge >= 0.3 is 5.97 Å². The fourth-order valence-corrected chi connectivity index (χ4v) is 3.84. The van der Waals surface area contributed by atoms with Crippen LogP contribution < -0.4 is 5.32 Å². The first-order chi connectivity index (χ1) is 14.0.